The van der Waals surface area contributed by atoms with Crippen molar-refractivity contribution in [1.82, 2.24) is 19.4 Å². The first kappa shape index (κ1) is 38.3. The molecule has 1 amide bonds. The summed E-state index contributed by atoms with van der Waals surface area (Å²) >= 11 is 0. The van der Waals surface area contributed by atoms with E-state index in [1.807, 2.05) is 29.0 Å². The van der Waals surface area contributed by atoms with Crippen LogP contribution in [0.3, 0.4) is 0 Å². The summed E-state index contributed by atoms with van der Waals surface area (Å²) < 4.78 is 119. The number of para-hydroxylation sites is 2. The zero-order valence-corrected chi connectivity index (χ0v) is 28.4. The average Bonchev–Trinajstić information content (AvgIpc) is 3.81. The maximum atomic E-state index is 14.2. The number of ether oxygens (including phenoxy) is 3. The van der Waals surface area contributed by atoms with Gasteiger partial charge in [-0.1, -0.05) is 12.1 Å². The number of nitrogens with one attached hydrogen (secondary N) is 1. The highest BCUT2D eigenvalue weighted by molar-refractivity contribution is 5.87. The van der Waals surface area contributed by atoms with Gasteiger partial charge in [-0.15, -0.1) is 0 Å². The van der Waals surface area contributed by atoms with E-state index in [-0.39, 0.29) is 37.3 Å². The summed E-state index contributed by atoms with van der Waals surface area (Å²) in [7, 11) is 0. The van der Waals surface area contributed by atoms with Gasteiger partial charge in [-0.25, -0.2) is 13.6 Å². The number of esters is 2. The molecule has 8 rings (SSSR count). The summed E-state index contributed by atoms with van der Waals surface area (Å²) in [5.41, 5.74) is 1.40. The van der Waals surface area contributed by atoms with Crippen LogP contribution in [0.15, 0.2) is 73.1 Å². The third-order valence-electron chi connectivity index (χ3n) is 9.40. The van der Waals surface area contributed by atoms with Crippen molar-refractivity contribution >= 4 is 17.8 Å². The summed E-state index contributed by atoms with van der Waals surface area (Å²) in [6.45, 7) is 2.41. The number of benzene rings is 2. The molecule has 10 nitrogen and oxygen atoms in total. The standard InChI is InChI=1S/C17H14F4N2O2.C15H15FN2O.C4H3F3O3/c18-11-3-1-4-12-14(11)23-8-2-5-13(23)16(25-12)6-9-22(10-7-16)15(24)17(19,20)21;16-11-3-1-4-12-14(11)18-10-2-5-13(18)15(19-12)6-8-17-9-7-15;1-2(8)10-3(9)4(5,6)7/h1-5,8H,6-7,9-10H2;1-5,10,17H,6-9H2;1H3. The topological polar surface area (TPSA) is 104 Å². The third-order valence-corrected chi connectivity index (χ3v) is 9.40. The van der Waals surface area contributed by atoms with E-state index >= 15 is 0 Å². The van der Waals surface area contributed by atoms with Gasteiger partial charge in [0, 0.05) is 58.1 Å². The second-order valence-electron chi connectivity index (χ2n) is 12.8. The molecule has 2 fully saturated rings. The number of aromatic nitrogens is 2. The Morgan fingerprint density at radius 2 is 1.15 bits per heavy atom. The highest BCUT2D eigenvalue weighted by Gasteiger charge is 2.49. The van der Waals surface area contributed by atoms with Crippen molar-refractivity contribution in [1.29, 1.82) is 0 Å². The SMILES string of the molecule is CC(=O)OC(=O)C(F)(F)F.Fc1cccc2c1-n1cccc1C1(CCNCC1)O2.O=C(N1CCC2(CC1)Oc1cccc(F)c1-n1cccc12)C(F)(F)F. The number of carbonyl (C=O) groups is 3. The lowest BCUT2D eigenvalue weighted by atomic mass is 9.86. The third kappa shape index (κ3) is 7.38. The molecule has 18 heteroatoms. The maximum absolute atomic E-state index is 14.2. The molecule has 0 unspecified atom stereocenters. The number of carbonyl (C=O) groups excluding carboxylic acids is 3. The van der Waals surface area contributed by atoms with E-state index in [1.54, 1.807) is 35.0 Å². The zero-order chi connectivity index (χ0) is 39.1. The monoisotopic (exact) mass is 768 g/mol. The second kappa shape index (κ2) is 14.4. The molecule has 0 bridgehead atoms. The molecular formula is C36H32F8N4O6. The molecule has 0 saturated carbocycles. The lowest BCUT2D eigenvalue weighted by Crippen LogP contribution is -2.52. The molecule has 4 aliphatic heterocycles. The number of hydrogen-bond donors (Lipinski definition) is 1. The van der Waals surface area contributed by atoms with Gasteiger partial charge < -0.3 is 33.6 Å². The Morgan fingerprint density at radius 1 is 0.685 bits per heavy atom. The maximum Gasteiger partial charge on any atom is 0.491 e. The summed E-state index contributed by atoms with van der Waals surface area (Å²) in [5, 5.41) is 3.35. The van der Waals surface area contributed by atoms with Crippen LogP contribution >= 0.6 is 0 Å². The number of halogens is 8. The van der Waals surface area contributed by atoms with Crippen LogP contribution in [0.2, 0.25) is 0 Å². The van der Waals surface area contributed by atoms with Crippen LogP contribution < -0.4 is 14.8 Å². The fourth-order valence-corrected chi connectivity index (χ4v) is 7.03. The Balaban J connectivity index is 0.000000152. The largest absolute Gasteiger partial charge is 0.491 e. The highest BCUT2D eigenvalue weighted by atomic mass is 19.4. The van der Waals surface area contributed by atoms with Gasteiger partial charge in [0.15, 0.2) is 22.8 Å². The van der Waals surface area contributed by atoms with Gasteiger partial charge in [0.25, 0.3) is 0 Å². The molecule has 6 heterocycles. The first-order valence-corrected chi connectivity index (χ1v) is 16.6. The molecule has 1 N–H and O–H groups in total. The van der Waals surface area contributed by atoms with Gasteiger partial charge in [-0.2, -0.15) is 26.3 Å². The van der Waals surface area contributed by atoms with Gasteiger partial charge >= 0.3 is 30.2 Å². The molecule has 288 valence electrons. The molecule has 4 aliphatic rings. The Bertz CT molecular complexity index is 2040. The first-order chi connectivity index (χ1) is 25.5. The number of likely N-dealkylation sites (tertiary alicyclic amines) is 1. The minimum atomic E-state index is -5.09. The fraction of sp³-hybridized carbons (Fsp3) is 0.361. The number of alkyl halides is 6. The van der Waals surface area contributed by atoms with Crippen molar-refractivity contribution in [2.24, 2.45) is 0 Å². The molecule has 4 aromatic rings. The van der Waals surface area contributed by atoms with E-state index < -0.39 is 41.6 Å². The van der Waals surface area contributed by atoms with E-state index in [0.29, 0.717) is 35.5 Å². The fourth-order valence-electron chi connectivity index (χ4n) is 7.03. The lowest BCUT2D eigenvalue weighted by molar-refractivity contribution is -0.201. The smallest absolute Gasteiger partial charge is 0.479 e. The molecule has 0 aliphatic carbocycles. The summed E-state index contributed by atoms with van der Waals surface area (Å²) in [6.07, 6.45) is -4.12. The molecule has 2 aromatic carbocycles. The second-order valence-corrected chi connectivity index (χ2v) is 12.8. The average molecular weight is 769 g/mol. The van der Waals surface area contributed by atoms with Crippen molar-refractivity contribution < 1.29 is 63.7 Å². The Hall–Kier alpha value is -5.39. The molecule has 2 aromatic heterocycles. The van der Waals surface area contributed by atoms with E-state index in [9.17, 15) is 49.5 Å². The van der Waals surface area contributed by atoms with Gasteiger partial charge in [0.05, 0.1) is 11.4 Å². The number of nitrogens with zero attached hydrogens (tertiary/aromatic N) is 3. The first-order valence-electron chi connectivity index (χ1n) is 16.6. The number of piperidine rings is 2. The normalized spacial score (nSPS) is 17.5. The van der Waals surface area contributed by atoms with Crippen molar-refractivity contribution in [3.63, 3.8) is 0 Å². The van der Waals surface area contributed by atoms with Gasteiger partial charge in [-0.3, -0.25) is 9.59 Å². The molecule has 0 radical (unpaired) electrons. The predicted molar refractivity (Wildman–Crippen MR) is 173 cm³/mol. The lowest BCUT2D eigenvalue weighted by Gasteiger charge is -2.45. The van der Waals surface area contributed by atoms with Crippen LogP contribution in [0, 0.1) is 11.6 Å². The molecular weight excluding hydrogens is 736 g/mol. The molecule has 54 heavy (non-hydrogen) atoms. The minimum absolute atomic E-state index is 0.0752. The van der Waals surface area contributed by atoms with Crippen molar-refractivity contribution in [3.05, 3.63) is 96.1 Å². The summed E-state index contributed by atoms with van der Waals surface area (Å²) in [5.74, 6) is -5.28. The Morgan fingerprint density at radius 3 is 1.56 bits per heavy atom. The molecule has 0 atom stereocenters. The van der Waals surface area contributed by atoms with Gasteiger partial charge in [0.2, 0.25) is 0 Å². The van der Waals surface area contributed by atoms with Crippen LogP contribution in [-0.2, 0) is 30.3 Å². The Kier molecular flexibility index (Phi) is 10.3. The number of fused-ring (bicyclic) bond motifs is 8. The van der Waals surface area contributed by atoms with E-state index in [2.05, 4.69) is 10.1 Å². The van der Waals surface area contributed by atoms with E-state index in [4.69, 9.17) is 9.47 Å². The number of rotatable bonds is 0. The highest BCUT2D eigenvalue weighted by Crippen LogP contribution is 2.47. The summed E-state index contributed by atoms with van der Waals surface area (Å²) in [6, 6.07) is 17.1. The van der Waals surface area contributed by atoms with Crippen LogP contribution in [0.5, 0.6) is 11.5 Å². The van der Waals surface area contributed by atoms with E-state index in [0.717, 1.165) is 36.5 Å². The van der Waals surface area contributed by atoms with Crippen LogP contribution in [0.25, 0.3) is 11.4 Å². The minimum Gasteiger partial charge on any atom is -0.479 e. The van der Waals surface area contributed by atoms with Crippen LogP contribution in [0.4, 0.5) is 35.1 Å². The predicted octanol–water partition coefficient (Wildman–Crippen LogP) is 6.61. The summed E-state index contributed by atoms with van der Waals surface area (Å²) in [4.78, 5) is 31.7. The van der Waals surface area contributed by atoms with Crippen molar-refractivity contribution in [2.75, 3.05) is 26.2 Å². The Labute approximate surface area is 302 Å². The van der Waals surface area contributed by atoms with Gasteiger partial charge in [0.1, 0.15) is 22.9 Å². The number of amides is 1. The van der Waals surface area contributed by atoms with Gasteiger partial charge in [-0.05, 0) is 61.6 Å². The quantitative estimate of drug-likeness (QED) is 0.122. The zero-order valence-electron chi connectivity index (χ0n) is 28.4. The molecule has 2 spiro atoms. The van der Waals surface area contributed by atoms with E-state index in [1.165, 1.54) is 18.2 Å². The number of hydrogen-bond acceptors (Lipinski definition) is 7. The van der Waals surface area contributed by atoms with Crippen molar-refractivity contribution in [2.45, 2.75) is 56.2 Å². The van der Waals surface area contributed by atoms with Crippen molar-refractivity contribution in [3.8, 4) is 22.9 Å². The van der Waals surface area contributed by atoms with Crippen LogP contribution in [0.1, 0.15) is 44.0 Å². The molecule has 2 saturated heterocycles. The van der Waals surface area contributed by atoms with Crippen LogP contribution in [-0.4, -0.2) is 70.4 Å².